The van der Waals surface area contributed by atoms with Gasteiger partial charge in [0.2, 0.25) is 10.0 Å². The number of halogens is 1. The molecule has 0 aromatic heterocycles. The van der Waals surface area contributed by atoms with Crippen LogP contribution in [0.2, 0.25) is 5.02 Å². The summed E-state index contributed by atoms with van der Waals surface area (Å²) in [6, 6.07) is 3.07. The molecular formula is C18H27ClN2O5S. The van der Waals surface area contributed by atoms with Gasteiger partial charge in [-0.2, -0.15) is 0 Å². The maximum absolute atomic E-state index is 12.6. The van der Waals surface area contributed by atoms with Crippen LogP contribution in [0.25, 0.3) is 0 Å². The van der Waals surface area contributed by atoms with Gasteiger partial charge in [0.15, 0.2) is 11.5 Å². The van der Waals surface area contributed by atoms with E-state index in [2.05, 4.69) is 5.32 Å². The first kappa shape index (κ1) is 21.8. The number of nitrogens with one attached hydrogen (secondary N) is 1. The summed E-state index contributed by atoms with van der Waals surface area (Å²) in [5, 5.41) is 3.25. The molecule has 152 valence electrons. The van der Waals surface area contributed by atoms with Gasteiger partial charge in [0.1, 0.15) is 0 Å². The predicted octanol–water partition coefficient (Wildman–Crippen LogP) is 2.54. The van der Waals surface area contributed by atoms with Crippen molar-refractivity contribution in [2.24, 2.45) is 5.92 Å². The Morgan fingerprint density at radius 2 is 1.96 bits per heavy atom. The van der Waals surface area contributed by atoms with E-state index in [-0.39, 0.29) is 11.9 Å². The monoisotopic (exact) mass is 418 g/mol. The molecule has 27 heavy (non-hydrogen) atoms. The Morgan fingerprint density at radius 3 is 2.48 bits per heavy atom. The zero-order valence-corrected chi connectivity index (χ0v) is 17.7. The Morgan fingerprint density at radius 1 is 1.33 bits per heavy atom. The molecule has 0 aliphatic carbocycles. The smallest absolute Gasteiger partial charge is 0.251 e. The zero-order valence-electron chi connectivity index (χ0n) is 16.1. The van der Waals surface area contributed by atoms with E-state index >= 15 is 0 Å². The second-order valence-corrected chi connectivity index (χ2v) is 9.49. The van der Waals surface area contributed by atoms with Crippen molar-refractivity contribution >= 4 is 27.5 Å². The molecule has 1 saturated heterocycles. The van der Waals surface area contributed by atoms with Crippen molar-refractivity contribution < 1.29 is 22.7 Å². The predicted molar refractivity (Wildman–Crippen MR) is 105 cm³/mol. The van der Waals surface area contributed by atoms with Crippen molar-refractivity contribution in [1.82, 2.24) is 9.62 Å². The molecule has 0 unspecified atom stereocenters. The number of amides is 1. The topological polar surface area (TPSA) is 84.9 Å². The SMILES string of the molecule is COc1cc(C(=O)NC2CCN(S(C)(=O)=O)CC2)cc(Cl)c1OCC(C)C. The quantitative estimate of drug-likeness (QED) is 0.735. The molecule has 9 heteroatoms. The first-order chi connectivity index (χ1) is 12.6. The molecule has 1 aromatic carbocycles. The fourth-order valence-electron chi connectivity index (χ4n) is 2.84. The van der Waals surface area contributed by atoms with Crippen LogP contribution in [0.1, 0.15) is 37.0 Å². The zero-order chi connectivity index (χ0) is 20.2. The van der Waals surface area contributed by atoms with Crippen LogP contribution in [0, 0.1) is 5.92 Å². The summed E-state index contributed by atoms with van der Waals surface area (Å²) in [5.41, 5.74) is 0.374. The molecule has 7 nitrogen and oxygen atoms in total. The van der Waals surface area contributed by atoms with Crippen LogP contribution >= 0.6 is 11.6 Å². The lowest BCUT2D eigenvalue weighted by atomic mass is 10.1. The Kier molecular flexibility index (Phi) is 7.36. The second-order valence-electron chi connectivity index (χ2n) is 7.10. The molecule has 1 amide bonds. The van der Waals surface area contributed by atoms with E-state index in [0.717, 1.165) is 0 Å². The van der Waals surface area contributed by atoms with Crippen LogP contribution in [0.5, 0.6) is 11.5 Å². The summed E-state index contributed by atoms with van der Waals surface area (Å²) in [5.74, 6) is 0.876. The maximum Gasteiger partial charge on any atom is 0.251 e. The summed E-state index contributed by atoms with van der Waals surface area (Å²) in [6.07, 6.45) is 2.33. The average molecular weight is 419 g/mol. The molecule has 0 spiro atoms. The Balaban J connectivity index is 2.05. The van der Waals surface area contributed by atoms with E-state index in [1.54, 1.807) is 12.1 Å². The number of ether oxygens (including phenoxy) is 2. The van der Waals surface area contributed by atoms with Gasteiger partial charge in [0.05, 0.1) is 25.0 Å². The van der Waals surface area contributed by atoms with Gasteiger partial charge in [-0.25, -0.2) is 12.7 Å². The van der Waals surface area contributed by atoms with E-state index in [9.17, 15) is 13.2 Å². The normalized spacial score (nSPS) is 16.4. The van der Waals surface area contributed by atoms with E-state index in [0.29, 0.717) is 60.5 Å². The average Bonchev–Trinajstić information content (AvgIpc) is 2.59. The number of rotatable bonds is 7. The van der Waals surface area contributed by atoms with Gasteiger partial charge in [-0.3, -0.25) is 4.79 Å². The minimum absolute atomic E-state index is 0.0860. The molecule has 1 aliphatic rings. The van der Waals surface area contributed by atoms with Crippen molar-refractivity contribution in [2.75, 3.05) is 33.1 Å². The number of benzene rings is 1. The fraction of sp³-hybridized carbons (Fsp3) is 0.611. The van der Waals surface area contributed by atoms with Crippen molar-refractivity contribution in [3.05, 3.63) is 22.7 Å². The number of methoxy groups -OCH3 is 1. The Bertz CT molecular complexity index is 774. The second kappa shape index (κ2) is 9.12. The van der Waals surface area contributed by atoms with Gasteiger partial charge < -0.3 is 14.8 Å². The minimum atomic E-state index is -3.19. The van der Waals surface area contributed by atoms with Crippen molar-refractivity contribution in [3.63, 3.8) is 0 Å². The van der Waals surface area contributed by atoms with E-state index in [4.69, 9.17) is 21.1 Å². The number of piperidine rings is 1. The van der Waals surface area contributed by atoms with Gasteiger partial charge in [-0.1, -0.05) is 25.4 Å². The third kappa shape index (κ3) is 5.99. The van der Waals surface area contributed by atoms with Gasteiger partial charge in [0.25, 0.3) is 5.91 Å². The highest BCUT2D eigenvalue weighted by Gasteiger charge is 2.26. The van der Waals surface area contributed by atoms with Gasteiger partial charge >= 0.3 is 0 Å². The molecule has 0 bridgehead atoms. The summed E-state index contributed by atoms with van der Waals surface area (Å²) >= 11 is 6.29. The van der Waals surface area contributed by atoms with Crippen LogP contribution in [0.15, 0.2) is 12.1 Å². The number of sulfonamides is 1. The maximum atomic E-state index is 12.6. The molecular weight excluding hydrogens is 392 g/mol. The van der Waals surface area contributed by atoms with Crippen LogP contribution in [-0.2, 0) is 10.0 Å². The largest absolute Gasteiger partial charge is 0.493 e. The summed E-state index contributed by atoms with van der Waals surface area (Å²) in [6.45, 7) is 5.33. The Hall–Kier alpha value is -1.51. The summed E-state index contributed by atoms with van der Waals surface area (Å²) < 4.78 is 35.6. The molecule has 1 aliphatic heterocycles. The molecule has 0 saturated carbocycles. The molecule has 2 rings (SSSR count). The summed E-state index contributed by atoms with van der Waals surface area (Å²) in [4.78, 5) is 12.6. The fourth-order valence-corrected chi connectivity index (χ4v) is 3.98. The number of hydrogen-bond donors (Lipinski definition) is 1. The third-order valence-electron chi connectivity index (χ3n) is 4.31. The van der Waals surface area contributed by atoms with Crippen LogP contribution in [0.4, 0.5) is 0 Å². The number of carbonyl (C=O) groups is 1. The van der Waals surface area contributed by atoms with Gasteiger partial charge in [-0.15, -0.1) is 0 Å². The summed E-state index contributed by atoms with van der Waals surface area (Å²) in [7, 11) is -1.69. The number of nitrogens with zero attached hydrogens (tertiary/aromatic N) is 1. The molecule has 1 N–H and O–H groups in total. The highest BCUT2D eigenvalue weighted by Crippen LogP contribution is 2.36. The molecule has 1 fully saturated rings. The van der Waals surface area contributed by atoms with Crippen molar-refractivity contribution in [3.8, 4) is 11.5 Å². The highest BCUT2D eigenvalue weighted by molar-refractivity contribution is 7.88. The standard InChI is InChI=1S/C18H27ClN2O5S/c1-12(2)11-26-17-15(19)9-13(10-16(17)25-3)18(22)20-14-5-7-21(8-6-14)27(4,23)24/h9-10,12,14H,5-8,11H2,1-4H3,(H,20,22). The van der Waals surface area contributed by atoms with E-state index in [1.165, 1.54) is 17.7 Å². The number of carbonyl (C=O) groups excluding carboxylic acids is 1. The van der Waals surface area contributed by atoms with E-state index in [1.807, 2.05) is 13.8 Å². The van der Waals surface area contributed by atoms with Crippen molar-refractivity contribution in [1.29, 1.82) is 0 Å². The minimum Gasteiger partial charge on any atom is -0.493 e. The van der Waals surface area contributed by atoms with Crippen molar-refractivity contribution in [2.45, 2.75) is 32.7 Å². The van der Waals surface area contributed by atoms with Crippen LogP contribution < -0.4 is 14.8 Å². The number of hydrogen-bond acceptors (Lipinski definition) is 5. The first-order valence-electron chi connectivity index (χ1n) is 8.88. The first-order valence-corrected chi connectivity index (χ1v) is 11.1. The third-order valence-corrected chi connectivity index (χ3v) is 5.89. The van der Waals surface area contributed by atoms with Gasteiger partial charge in [0, 0.05) is 24.7 Å². The Labute approximate surface area is 166 Å². The van der Waals surface area contributed by atoms with E-state index < -0.39 is 10.0 Å². The lowest BCUT2D eigenvalue weighted by molar-refractivity contribution is 0.0923. The van der Waals surface area contributed by atoms with Crippen LogP contribution in [-0.4, -0.2) is 57.7 Å². The molecule has 0 radical (unpaired) electrons. The highest BCUT2D eigenvalue weighted by atomic mass is 35.5. The molecule has 1 aromatic rings. The van der Waals surface area contributed by atoms with Crippen LogP contribution in [0.3, 0.4) is 0 Å². The molecule has 0 atom stereocenters. The lowest BCUT2D eigenvalue weighted by Gasteiger charge is -2.30. The molecule has 1 heterocycles. The lowest BCUT2D eigenvalue weighted by Crippen LogP contribution is -2.46. The van der Waals surface area contributed by atoms with Gasteiger partial charge in [-0.05, 0) is 30.9 Å².